The van der Waals surface area contributed by atoms with E-state index < -0.39 is 16.5 Å². The lowest BCUT2D eigenvalue weighted by atomic mass is 9.99. The van der Waals surface area contributed by atoms with Crippen molar-refractivity contribution >= 4 is 17.3 Å². The molecule has 2 aromatic carbocycles. The van der Waals surface area contributed by atoms with Gasteiger partial charge in [0, 0.05) is 12.6 Å². The molecule has 0 spiro atoms. The average molecular weight is 402 g/mol. The minimum absolute atomic E-state index is 0.0508. The number of rotatable bonds is 6. The van der Waals surface area contributed by atoms with E-state index in [4.69, 9.17) is 18.9 Å². The van der Waals surface area contributed by atoms with Gasteiger partial charge in [-0.1, -0.05) is 12.1 Å². The summed E-state index contributed by atoms with van der Waals surface area (Å²) in [5, 5.41) is 11.9. The largest absolute Gasteiger partial charge is 0.495 e. The number of para-hydroxylation sites is 1. The number of amides is 1. The summed E-state index contributed by atoms with van der Waals surface area (Å²) >= 11 is 0. The van der Waals surface area contributed by atoms with Crippen molar-refractivity contribution in [3.8, 4) is 23.0 Å². The zero-order valence-corrected chi connectivity index (χ0v) is 16.7. The van der Waals surface area contributed by atoms with Gasteiger partial charge in [-0.05, 0) is 24.5 Å². The first kappa shape index (κ1) is 20.2. The van der Waals surface area contributed by atoms with Crippen molar-refractivity contribution in [2.45, 2.75) is 12.8 Å². The summed E-state index contributed by atoms with van der Waals surface area (Å²) < 4.78 is 21.2. The van der Waals surface area contributed by atoms with Crippen molar-refractivity contribution in [1.82, 2.24) is 0 Å². The molecule has 9 nitrogen and oxygen atoms in total. The van der Waals surface area contributed by atoms with Crippen LogP contribution in [0.2, 0.25) is 0 Å². The molecule has 1 heterocycles. The van der Waals surface area contributed by atoms with Crippen LogP contribution in [0.25, 0.3) is 0 Å². The number of carbonyl (C=O) groups is 1. The van der Waals surface area contributed by atoms with Crippen molar-refractivity contribution in [3.63, 3.8) is 0 Å². The molecular weight excluding hydrogens is 380 g/mol. The van der Waals surface area contributed by atoms with Crippen molar-refractivity contribution in [3.05, 3.63) is 45.5 Å². The number of ether oxygens (including phenoxy) is 4. The number of aryl methyl sites for hydroxylation is 1. The Balaban J connectivity index is 2.23. The van der Waals surface area contributed by atoms with Crippen LogP contribution >= 0.6 is 0 Å². The fourth-order valence-corrected chi connectivity index (χ4v) is 3.61. The number of nitrogens with zero attached hydrogens (tertiary/aromatic N) is 2. The van der Waals surface area contributed by atoms with Gasteiger partial charge in [0.05, 0.1) is 39.0 Å². The van der Waals surface area contributed by atoms with Gasteiger partial charge in [-0.25, -0.2) is 0 Å². The highest BCUT2D eigenvalue weighted by Gasteiger charge is 2.36. The SMILES string of the molecule is COc1cc(C(=O)N2CCCc3cccc(OC)c32)c([N+](=O)[O-])c(OC)c1OC. The molecule has 9 heteroatoms. The fourth-order valence-electron chi connectivity index (χ4n) is 3.61. The Hall–Kier alpha value is -3.49. The number of methoxy groups -OCH3 is 4. The van der Waals surface area contributed by atoms with Crippen LogP contribution in [0.4, 0.5) is 11.4 Å². The van der Waals surface area contributed by atoms with Gasteiger partial charge in [0.15, 0.2) is 5.75 Å². The van der Waals surface area contributed by atoms with E-state index in [2.05, 4.69) is 0 Å². The third-order valence-electron chi connectivity index (χ3n) is 4.86. The summed E-state index contributed by atoms with van der Waals surface area (Å²) in [5.41, 5.74) is 0.939. The highest BCUT2D eigenvalue weighted by molar-refractivity contribution is 6.11. The van der Waals surface area contributed by atoms with Crippen LogP contribution in [0.3, 0.4) is 0 Å². The number of fused-ring (bicyclic) bond motifs is 1. The Labute approximate surface area is 167 Å². The van der Waals surface area contributed by atoms with Crippen LogP contribution in [0.1, 0.15) is 22.3 Å². The van der Waals surface area contributed by atoms with Gasteiger partial charge in [0.2, 0.25) is 11.5 Å². The van der Waals surface area contributed by atoms with Crippen LogP contribution < -0.4 is 23.8 Å². The molecule has 0 radical (unpaired) electrons. The molecule has 154 valence electrons. The lowest BCUT2D eigenvalue weighted by Crippen LogP contribution is -2.36. The quantitative estimate of drug-likeness (QED) is 0.540. The maximum Gasteiger partial charge on any atom is 0.327 e. The first-order valence-corrected chi connectivity index (χ1v) is 8.93. The summed E-state index contributed by atoms with van der Waals surface area (Å²) in [5.74, 6) is 0.0370. The van der Waals surface area contributed by atoms with Crippen LogP contribution in [0, 0.1) is 10.1 Å². The topological polar surface area (TPSA) is 100 Å². The van der Waals surface area contributed by atoms with Crippen molar-refractivity contribution in [1.29, 1.82) is 0 Å². The Morgan fingerprint density at radius 3 is 2.31 bits per heavy atom. The van der Waals surface area contributed by atoms with E-state index in [-0.39, 0.29) is 22.8 Å². The standard InChI is InChI=1S/C20H22N2O7/c1-26-14-9-5-7-12-8-6-10-21(16(12)14)20(23)13-11-15(27-2)18(28-3)19(29-4)17(13)22(24)25/h5,7,9,11H,6,8,10H2,1-4H3. The van der Waals surface area contributed by atoms with Gasteiger partial charge < -0.3 is 23.8 Å². The number of nitro groups is 1. The third kappa shape index (κ3) is 3.39. The van der Waals surface area contributed by atoms with E-state index >= 15 is 0 Å². The van der Waals surface area contributed by atoms with E-state index in [0.717, 1.165) is 18.4 Å². The molecule has 1 aliphatic heterocycles. The van der Waals surface area contributed by atoms with Gasteiger partial charge in [-0.2, -0.15) is 0 Å². The zero-order valence-electron chi connectivity index (χ0n) is 16.7. The molecular formula is C20H22N2O7. The second kappa shape index (κ2) is 8.26. The molecule has 0 fully saturated rings. The molecule has 2 aromatic rings. The van der Waals surface area contributed by atoms with Gasteiger partial charge in [0.1, 0.15) is 11.3 Å². The maximum atomic E-state index is 13.5. The molecule has 1 aliphatic rings. The number of hydrogen-bond acceptors (Lipinski definition) is 7. The normalized spacial score (nSPS) is 12.8. The molecule has 0 saturated heterocycles. The second-order valence-electron chi connectivity index (χ2n) is 6.33. The van der Waals surface area contributed by atoms with Gasteiger partial charge in [-0.3, -0.25) is 14.9 Å². The number of hydrogen-bond donors (Lipinski definition) is 0. The Morgan fingerprint density at radius 1 is 1.03 bits per heavy atom. The van der Waals surface area contributed by atoms with Crippen LogP contribution in [-0.2, 0) is 6.42 Å². The van der Waals surface area contributed by atoms with Crippen LogP contribution in [-0.4, -0.2) is 45.8 Å². The Morgan fingerprint density at radius 2 is 1.72 bits per heavy atom. The third-order valence-corrected chi connectivity index (χ3v) is 4.86. The lowest BCUT2D eigenvalue weighted by Gasteiger charge is -2.31. The van der Waals surface area contributed by atoms with Gasteiger partial charge in [-0.15, -0.1) is 0 Å². The highest BCUT2D eigenvalue weighted by atomic mass is 16.6. The van der Waals surface area contributed by atoms with E-state index in [0.29, 0.717) is 18.0 Å². The van der Waals surface area contributed by atoms with Crippen molar-refractivity contribution in [2.75, 3.05) is 39.9 Å². The van der Waals surface area contributed by atoms with Gasteiger partial charge >= 0.3 is 5.69 Å². The second-order valence-corrected chi connectivity index (χ2v) is 6.33. The summed E-state index contributed by atoms with van der Waals surface area (Å²) in [6.07, 6.45) is 1.51. The Kier molecular flexibility index (Phi) is 5.76. The molecule has 0 bridgehead atoms. The van der Waals surface area contributed by atoms with E-state index in [9.17, 15) is 14.9 Å². The molecule has 0 unspecified atom stereocenters. The number of benzene rings is 2. The van der Waals surface area contributed by atoms with E-state index in [1.807, 2.05) is 12.1 Å². The van der Waals surface area contributed by atoms with E-state index in [1.54, 1.807) is 6.07 Å². The van der Waals surface area contributed by atoms with Crippen molar-refractivity contribution in [2.24, 2.45) is 0 Å². The highest BCUT2D eigenvalue weighted by Crippen LogP contribution is 2.47. The first-order chi connectivity index (χ1) is 14.0. The van der Waals surface area contributed by atoms with Crippen LogP contribution in [0.5, 0.6) is 23.0 Å². The average Bonchev–Trinajstić information content (AvgIpc) is 2.75. The summed E-state index contributed by atoms with van der Waals surface area (Å²) in [4.78, 5) is 26.2. The summed E-state index contributed by atoms with van der Waals surface area (Å²) in [6.45, 7) is 0.403. The smallest absolute Gasteiger partial charge is 0.327 e. The first-order valence-electron chi connectivity index (χ1n) is 8.93. The molecule has 0 atom stereocenters. The number of nitro benzene ring substituents is 1. The molecule has 0 aromatic heterocycles. The molecule has 0 aliphatic carbocycles. The van der Waals surface area contributed by atoms with Crippen molar-refractivity contribution < 1.29 is 28.7 Å². The summed E-state index contributed by atoms with van der Waals surface area (Å²) in [6, 6.07) is 6.84. The number of anilines is 1. The molecule has 3 rings (SSSR count). The lowest BCUT2D eigenvalue weighted by molar-refractivity contribution is -0.386. The van der Waals surface area contributed by atoms with Crippen LogP contribution in [0.15, 0.2) is 24.3 Å². The maximum absolute atomic E-state index is 13.5. The Bertz CT molecular complexity index is 944. The molecule has 0 saturated carbocycles. The number of carbonyl (C=O) groups excluding carboxylic acids is 1. The predicted octanol–water partition coefficient (Wildman–Crippen LogP) is 3.22. The molecule has 29 heavy (non-hydrogen) atoms. The minimum atomic E-state index is -0.652. The van der Waals surface area contributed by atoms with Gasteiger partial charge in [0.25, 0.3) is 5.91 Å². The molecule has 0 N–H and O–H groups in total. The zero-order chi connectivity index (χ0) is 21.1. The predicted molar refractivity (Wildman–Crippen MR) is 106 cm³/mol. The fraction of sp³-hybridized carbons (Fsp3) is 0.350. The summed E-state index contributed by atoms with van der Waals surface area (Å²) in [7, 11) is 5.53. The monoisotopic (exact) mass is 402 g/mol. The minimum Gasteiger partial charge on any atom is -0.495 e. The molecule has 1 amide bonds. The van der Waals surface area contributed by atoms with E-state index in [1.165, 1.54) is 39.4 Å².